The van der Waals surface area contributed by atoms with Gasteiger partial charge in [-0.05, 0) is 12.1 Å². The van der Waals surface area contributed by atoms with Gasteiger partial charge in [-0.25, -0.2) is 0 Å². The van der Waals surface area contributed by atoms with Gasteiger partial charge in [-0.3, -0.25) is 0 Å². The van der Waals surface area contributed by atoms with Crippen LogP contribution in [-0.4, -0.2) is 12.2 Å². The Kier molecular flexibility index (Phi) is 3.20. The first-order valence-electron chi connectivity index (χ1n) is 3.32. The van der Waals surface area contributed by atoms with E-state index in [0.717, 1.165) is 0 Å². The van der Waals surface area contributed by atoms with E-state index in [1.165, 1.54) is 7.11 Å². The number of hydrogen-bond acceptors (Lipinski definition) is 2. The van der Waals surface area contributed by atoms with Crippen LogP contribution in [0.15, 0.2) is 12.1 Å². The summed E-state index contributed by atoms with van der Waals surface area (Å²) in [5.41, 5.74) is 0.520. The van der Waals surface area contributed by atoms with Gasteiger partial charge in [0.1, 0.15) is 5.75 Å². The zero-order chi connectivity index (χ0) is 9.14. The van der Waals surface area contributed by atoms with Crippen molar-refractivity contribution in [3.8, 4) is 5.75 Å². The average Bonchev–Trinajstić information content (AvgIpc) is 2.09. The lowest BCUT2D eigenvalue weighted by Crippen LogP contribution is -1.92. The Morgan fingerprint density at radius 2 is 2.08 bits per heavy atom. The second-order valence-corrected chi connectivity index (χ2v) is 2.99. The fourth-order valence-corrected chi connectivity index (χ4v) is 1.31. The molecule has 66 valence electrons. The molecule has 0 bridgehead atoms. The minimum atomic E-state index is -0.178. The summed E-state index contributed by atoms with van der Waals surface area (Å²) >= 11 is 11.5. The molecule has 0 saturated carbocycles. The summed E-state index contributed by atoms with van der Waals surface area (Å²) in [5, 5.41) is 9.70. The van der Waals surface area contributed by atoms with Gasteiger partial charge < -0.3 is 9.84 Å². The molecule has 0 saturated heterocycles. The molecule has 0 aliphatic rings. The van der Waals surface area contributed by atoms with Crippen LogP contribution in [0, 0.1) is 0 Å². The van der Waals surface area contributed by atoms with Crippen LogP contribution >= 0.6 is 23.2 Å². The van der Waals surface area contributed by atoms with E-state index < -0.39 is 0 Å². The molecule has 12 heavy (non-hydrogen) atoms. The van der Waals surface area contributed by atoms with Gasteiger partial charge >= 0.3 is 0 Å². The van der Waals surface area contributed by atoms with E-state index >= 15 is 0 Å². The van der Waals surface area contributed by atoms with Gasteiger partial charge in [-0.2, -0.15) is 0 Å². The minimum absolute atomic E-state index is 0.178. The summed E-state index contributed by atoms with van der Waals surface area (Å²) in [7, 11) is 1.51. The van der Waals surface area contributed by atoms with Crippen molar-refractivity contribution in [3.63, 3.8) is 0 Å². The summed E-state index contributed by atoms with van der Waals surface area (Å²) in [6.45, 7) is -0.178. The molecule has 0 fully saturated rings. The van der Waals surface area contributed by atoms with Crippen LogP contribution in [0.2, 0.25) is 10.0 Å². The normalized spacial score (nSPS) is 10.0. The second-order valence-electron chi connectivity index (χ2n) is 2.20. The van der Waals surface area contributed by atoms with Crippen LogP contribution < -0.4 is 4.74 Å². The molecule has 2 nitrogen and oxygen atoms in total. The topological polar surface area (TPSA) is 29.5 Å². The molecule has 1 N–H and O–H groups in total. The molecule has 0 amide bonds. The SMILES string of the molecule is COc1ccc(Cl)c(Cl)c1CO. The van der Waals surface area contributed by atoms with Gasteiger partial charge in [-0.15, -0.1) is 0 Å². The molecular formula is C8H8Cl2O2. The van der Waals surface area contributed by atoms with Crippen molar-refractivity contribution in [1.29, 1.82) is 0 Å². The number of ether oxygens (including phenoxy) is 1. The number of halogens is 2. The molecule has 1 aromatic carbocycles. The van der Waals surface area contributed by atoms with Gasteiger partial charge in [0.2, 0.25) is 0 Å². The summed E-state index contributed by atoms with van der Waals surface area (Å²) in [6, 6.07) is 3.29. The minimum Gasteiger partial charge on any atom is -0.496 e. The van der Waals surface area contributed by atoms with Gasteiger partial charge in [-0.1, -0.05) is 23.2 Å². The van der Waals surface area contributed by atoms with Crippen molar-refractivity contribution < 1.29 is 9.84 Å². The van der Waals surface area contributed by atoms with E-state index in [4.69, 9.17) is 33.0 Å². The third-order valence-corrected chi connectivity index (χ3v) is 2.37. The molecule has 1 rings (SSSR count). The van der Waals surface area contributed by atoms with E-state index in [-0.39, 0.29) is 6.61 Å². The van der Waals surface area contributed by atoms with Crippen molar-refractivity contribution in [2.45, 2.75) is 6.61 Å². The van der Waals surface area contributed by atoms with Crippen LogP contribution in [0.25, 0.3) is 0 Å². The van der Waals surface area contributed by atoms with Gasteiger partial charge in [0.05, 0.1) is 23.8 Å². The molecular weight excluding hydrogens is 199 g/mol. The van der Waals surface area contributed by atoms with Crippen molar-refractivity contribution >= 4 is 23.2 Å². The van der Waals surface area contributed by atoms with Crippen molar-refractivity contribution in [2.75, 3.05) is 7.11 Å². The first-order chi connectivity index (χ1) is 5.70. The van der Waals surface area contributed by atoms with E-state index in [2.05, 4.69) is 0 Å². The molecule has 0 atom stereocenters. The highest BCUT2D eigenvalue weighted by Gasteiger charge is 2.09. The Balaban J connectivity index is 3.25. The molecule has 1 aromatic rings. The number of methoxy groups -OCH3 is 1. The zero-order valence-corrected chi connectivity index (χ0v) is 7.99. The fraction of sp³-hybridized carbons (Fsp3) is 0.250. The van der Waals surface area contributed by atoms with Crippen molar-refractivity contribution in [2.24, 2.45) is 0 Å². The Morgan fingerprint density at radius 1 is 1.42 bits per heavy atom. The summed E-state index contributed by atoms with van der Waals surface area (Å²) in [5.74, 6) is 0.548. The van der Waals surface area contributed by atoms with E-state index in [9.17, 15) is 0 Å². The lowest BCUT2D eigenvalue weighted by Gasteiger charge is -2.08. The Labute approximate surface area is 80.7 Å². The summed E-state index contributed by atoms with van der Waals surface area (Å²) < 4.78 is 4.97. The van der Waals surface area contributed by atoms with Crippen molar-refractivity contribution in [3.05, 3.63) is 27.7 Å². The maximum atomic E-state index is 8.93. The molecule has 0 heterocycles. The molecule has 0 aliphatic carbocycles. The number of benzene rings is 1. The molecule has 4 heteroatoms. The standard InChI is InChI=1S/C8H8Cl2O2/c1-12-7-3-2-6(9)8(10)5(7)4-11/h2-3,11H,4H2,1H3. The van der Waals surface area contributed by atoms with Crippen LogP contribution in [-0.2, 0) is 6.61 Å². The predicted octanol–water partition coefficient (Wildman–Crippen LogP) is 2.49. The lowest BCUT2D eigenvalue weighted by molar-refractivity contribution is 0.274. The largest absolute Gasteiger partial charge is 0.496 e. The fourth-order valence-electron chi connectivity index (χ4n) is 0.913. The maximum absolute atomic E-state index is 8.93. The van der Waals surface area contributed by atoms with Gasteiger partial charge in [0, 0.05) is 5.56 Å². The predicted molar refractivity (Wildman–Crippen MR) is 48.9 cm³/mol. The highest BCUT2D eigenvalue weighted by Crippen LogP contribution is 2.32. The summed E-state index contributed by atoms with van der Waals surface area (Å²) in [6.07, 6.45) is 0. The highest BCUT2D eigenvalue weighted by molar-refractivity contribution is 6.42. The quantitative estimate of drug-likeness (QED) is 0.807. The molecule has 0 unspecified atom stereocenters. The number of rotatable bonds is 2. The van der Waals surface area contributed by atoms with E-state index in [0.29, 0.717) is 21.4 Å². The lowest BCUT2D eigenvalue weighted by atomic mass is 10.2. The smallest absolute Gasteiger partial charge is 0.125 e. The zero-order valence-electron chi connectivity index (χ0n) is 6.47. The third kappa shape index (κ3) is 1.66. The first-order valence-corrected chi connectivity index (χ1v) is 4.08. The Bertz CT molecular complexity index is 287. The van der Waals surface area contributed by atoms with Crippen molar-refractivity contribution in [1.82, 2.24) is 0 Å². The maximum Gasteiger partial charge on any atom is 0.125 e. The Morgan fingerprint density at radius 3 is 2.58 bits per heavy atom. The number of aliphatic hydroxyl groups excluding tert-OH is 1. The first kappa shape index (κ1) is 9.65. The molecule has 0 aliphatic heterocycles. The van der Waals surface area contributed by atoms with Crippen LogP contribution in [0.3, 0.4) is 0 Å². The Hall–Kier alpha value is -0.440. The third-order valence-electron chi connectivity index (χ3n) is 1.53. The number of hydrogen-bond donors (Lipinski definition) is 1. The van der Waals surface area contributed by atoms with Gasteiger partial charge in [0.15, 0.2) is 0 Å². The second kappa shape index (κ2) is 3.99. The molecule has 0 aromatic heterocycles. The molecule has 0 radical (unpaired) electrons. The van der Waals surface area contributed by atoms with Crippen LogP contribution in [0.5, 0.6) is 5.75 Å². The summed E-state index contributed by atoms with van der Waals surface area (Å²) in [4.78, 5) is 0. The monoisotopic (exact) mass is 206 g/mol. The molecule has 0 spiro atoms. The van der Waals surface area contributed by atoms with Crippen LogP contribution in [0.4, 0.5) is 0 Å². The highest BCUT2D eigenvalue weighted by atomic mass is 35.5. The van der Waals surface area contributed by atoms with E-state index in [1.54, 1.807) is 12.1 Å². The number of aliphatic hydroxyl groups is 1. The van der Waals surface area contributed by atoms with Crippen LogP contribution in [0.1, 0.15) is 5.56 Å². The van der Waals surface area contributed by atoms with E-state index in [1.807, 2.05) is 0 Å². The average molecular weight is 207 g/mol. The van der Waals surface area contributed by atoms with Gasteiger partial charge in [0.25, 0.3) is 0 Å².